The Morgan fingerprint density at radius 3 is 1.88 bits per heavy atom. The molecule has 1 N–H and O–H groups in total. The second kappa shape index (κ2) is 12.3. The summed E-state index contributed by atoms with van der Waals surface area (Å²) in [5.41, 5.74) is 7.34. The van der Waals surface area contributed by atoms with Crippen molar-refractivity contribution in [3.05, 3.63) is 119 Å². The van der Waals surface area contributed by atoms with E-state index in [4.69, 9.17) is 23.7 Å². The van der Waals surface area contributed by atoms with E-state index in [-0.39, 0.29) is 29.5 Å². The van der Waals surface area contributed by atoms with E-state index in [0.29, 0.717) is 17.2 Å². The van der Waals surface area contributed by atoms with Gasteiger partial charge >= 0.3 is 0 Å². The van der Waals surface area contributed by atoms with E-state index in [0.717, 1.165) is 58.2 Å². The van der Waals surface area contributed by atoms with Crippen molar-refractivity contribution >= 4 is 16.8 Å². The van der Waals surface area contributed by atoms with E-state index in [1.807, 2.05) is 24.3 Å². The van der Waals surface area contributed by atoms with E-state index in [2.05, 4.69) is 101 Å². The zero-order chi connectivity index (χ0) is 36.5. The standard InChI is InChI=1S/C46H48O6/c1-43(2)26-44(3,4)28-45(27-43)37-11-9-8-10-33(37)40-35-24-38(49-6)39(50-7)25-36(35)42-34(41(40)45)20-21-46(52-42,29-12-16-31(48-5)17-13-29)30-14-18-32(19-15-30)51-23-22-47/h8-21,24-25,47H,22-23,26-28H2,1-7H3. The fourth-order valence-corrected chi connectivity index (χ4v) is 10.3. The molecule has 5 aromatic carbocycles. The van der Waals surface area contributed by atoms with Gasteiger partial charge in [0.05, 0.1) is 27.9 Å². The summed E-state index contributed by atoms with van der Waals surface area (Å²) in [6.45, 7) is 9.93. The number of methoxy groups -OCH3 is 3. The molecule has 1 saturated carbocycles. The molecule has 0 saturated heterocycles. The first-order valence-electron chi connectivity index (χ1n) is 18.2. The lowest BCUT2D eigenvalue weighted by Crippen LogP contribution is -2.44. The lowest BCUT2D eigenvalue weighted by atomic mass is 9.52. The van der Waals surface area contributed by atoms with E-state index in [1.54, 1.807) is 21.3 Å². The highest BCUT2D eigenvalue weighted by atomic mass is 16.5. The first-order valence-corrected chi connectivity index (χ1v) is 18.2. The summed E-state index contributed by atoms with van der Waals surface area (Å²) < 4.78 is 30.8. The van der Waals surface area contributed by atoms with E-state index in [9.17, 15) is 5.11 Å². The van der Waals surface area contributed by atoms with Crippen LogP contribution in [0, 0.1) is 10.8 Å². The highest BCUT2D eigenvalue weighted by Gasteiger charge is 2.55. The van der Waals surface area contributed by atoms with Crippen molar-refractivity contribution in [3.63, 3.8) is 0 Å². The molecule has 2 aliphatic carbocycles. The van der Waals surface area contributed by atoms with Crippen LogP contribution in [0.2, 0.25) is 0 Å². The van der Waals surface area contributed by atoms with Gasteiger partial charge in [0.15, 0.2) is 17.1 Å². The molecule has 1 heterocycles. The molecule has 52 heavy (non-hydrogen) atoms. The lowest BCUT2D eigenvalue weighted by Gasteiger charge is -2.52. The molecule has 1 fully saturated rings. The molecule has 3 aliphatic rings. The number of hydrogen-bond donors (Lipinski definition) is 1. The van der Waals surface area contributed by atoms with Crippen molar-refractivity contribution in [3.8, 4) is 39.9 Å². The highest BCUT2D eigenvalue weighted by Crippen LogP contribution is 2.67. The predicted molar refractivity (Wildman–Crippen MR) is 207 cm³/mol. The number of fused-ring (bicyclic) bond motifs is 10. The predicted octanol–water partition coefficient (Wildman–Crippen LogP) is 10.1. The van der Waals surface area contributed by atoms with Gasteiger partial charge in [-0.25, -0.2) is 0 Å². The summed E-state index contributed by atoms with van der Waals surface area (Å²) in [4.78, 5) is 0. The maximum absolute atomic E-state index is 9.36. The summed E-state index contributed by atoms with van der Waals surface area (Å²) in [6.07, 6.45) is 7.77. The van der Waals surface area contributed by atoms with Gasteiger partial charge in [0.25, 0.3) is 0 Å². The van der Waals surface area contributed by atoms with Gasteiger partial charge in [0.2, 0.25) is 0 Å². The van der Waals surface area contributed by atoms with Crippen LogP contribution in [0.3, 0.4) is 0 Å². The largest absolute Gasteiger partial charge is 0.497 e. The summed E-state index contributed by atoms with van der Waals surface area (Å²) in [6, 6.07) is 29.4. The molecule has 1 spiro atoms. The number of hydrogen-bond acceptors (Lipinski definition) is 6. The van der Waals surface area contributed by atoms with Crippen molar-refractivity contribution in [2.75, 3.05) is 34.5 Å². The number of rotatable bonds is 8. The molecule has 0 radical (unpaired) electrons. The van der Waals surface area contributed by atoms with Crippen molar-refractivity contribution in [2.45, 2.75) is 58.0 Å². The van der Waals surface area contributed by atoms with Crippen LogP contribution >= 0.6 is 0 Å². The zero-order valence-corrected chi connectivity index (χ0v) is 31.3. The Morgan fingerprint density at radius 1 is 0.692 bits per heavy atom. The van der Waals surface area contributed by atoms with Gasteiger partial charge in [0, 0.05) is 27.5 Å². The fraction of sp³-hybridized carbons (Fsp3) is 0.348. The monoisotopic (exact) mass is 696 g/mol. The molecule has 0 amide bonds. The number of aliphatic hydroxyl groups excluding tert-OH is 1. The van der Waals surface area contributed by atoms with E-state index < -0.39 is 5.60 Å². The second-order valence-electron chi connectivity index (χ2n) is 16.2. The van der Waals surface area contributed by atoms with Crippen molar-refractivity contribution in [2.24, 2.45) is 10.8 Å². The van der Waals surface area contributed by atoms with Crippen LogP contribution in [0.4, 0.5) is 0 Å². The third kappa shape index (κ3) is 5.25. The van der Waals surface area contributed by atoms with Gasteiger partial charge < -0.3 is 28.8 Å². The molecule has 8 rings (SSSR count). The topological polar surface area (TPSA) is 66.4 Å². The summed E-state index contributed by atoms with van der Waals surface area (Å²) in [5.74, 6) is 3.61. The zero-order valence-electron chi connectivity index (χ0n) is 31.3. The summed E-state index contributed by atoms with van der Waals surface area (Å²) in [7, 11) is 5.06. The molecular formula is C46H48O6. The Bertz CT molecular complexity index is 2180. The second-order valence-corrected chi connectivity index (χ2v) is 16.2. The first-order chi connectivity index (χ1) is 25.0. The van der Waals surface area contributed by atoms with Crippen LogP contribution in [-0.4, -0.2) is 39.6 Å². The molecule has 1 aliphatic heterocycles. The van der Waals surface area contributed by atoms with Gasteiger partial charge in [-0.15, -0.1) is 0 Å². The van der Waals surface area contributed by atoms with Crippen LogP contribution in [0.1, 0.15) is 74.8 Å². The maximum atomic E-state index is 9.36. The minimum Gasteiger partial charge on any atom is -0.497 e. The Hall–Kier alpha value is -4.94. The Kier molecular flexibility index (Phi) is 8.11. The first kappa shape index (κ1) is 34.2. The van der Waals surface area contributed by atoms with Crippen LogP contribution in [0.15, 0.2) is 91.0 Å². The van der Waals surface area contributed by atoms with Crippen LogP contribution in [0.25, 0.3) is 28.0 Å². The number of aliphatic hydroxyl groups is 1. The molecule has 0 aromatic heterocycles. The summed E-state index contributed by atoms with van der Waals surface area (Å²) in [5, 5.41) is 11.4. The minimum absolute atomic E-state index is 0.0501. The normalized spacial score (nSPS) is 20.1. The van der Waals surface area contributed by atoms with Crippen LogP contribution < -0.4 is 23.7 Å². The smallest absolute Gasteiger partial charge is 0.178 e. The van der Waals surface area contributed by atoms with Gasteiger partial charge in [-0.05, 0) is 100 Å². The quantitative estimate of drug-likeness (QED) is 0.174. The molecule has 1 unspecified atom stereocenters. The van der Waals surface area contributed by atoms with Crippen LogP contribution in [-0.2, 0) is 11.0 Å². The highest BCUT2D eigenvalue weighted by molar-refractivity contribution is 6.09. The maximum Gasteiger partial charge on any atom is 0.178 e. The number of benzene rings is 5. The van der Waals surface area contributed by atoms with E-state index >= 15 is 0 Å². The SMILES string of the molecule is COc1ccc(C2(c3ccc(OCCO)cc3)C=Cc3c4c(c5cc(OC)c(OC)cc5c3O2)-c2ccccc2C42CC(C)(C)CC(C)(C)C2)cc1. The van der Waals surface area contributed by atoms with Gasteiger partial charge in [0.1, 0.15) is 23.9 Å². The van der Waals surface area contributed by atoms with Gasteiger partial charge in [-0.3, -0.25) is 0 Å². The molecule has 6 nitrogen and oxygen atoms in total. The van der Waals surface area contributed by atoms with E-state index in [1.165, 1.54) is 22.3 Å². The Labute approximate surface area is 307 Å². The number of ether oxygens (including phenoxy) is 5. The summed E-state index contributed by atoms with van der Waals surface area (Å²) >= 11 is 0. The third-order valence-electron chi connectivity index (χ3n) is 11.4. The molecule has 5 aromatic rings. The van der Waals surface area contributed by atoms with Crippen molar-refractivity contribution in [1.82, 2.24) is 0 Å². The third-order valence-corrected chi connectivity index (χ3v) is 11.4. The average molecular weight is 697 g/mol. The lowest BCUT2D eigenvalue weighted by molar-refractivity contribution is 0.0642. The van der Waals surface area contributed by atoms with Gasteiger partial charge in [-0.1, -0.05) is 82.3 Å². The fourth-order valence-electron chi connectivity index (χ4n) is 10.3. The Morgan fingerprint density at radius 2 is 1.29 bits per heavy atom. The molecule has 0 bridgehead atoms. The molecule has 1 atom stereocenters. The minimum atomic E-state index is -0.979. The van der Waals surface area contributed by atoms with Crippen molar-refractivity contribution in [1.29, 1.82) is 0 Å². The van der Waals surface area contributed by atoms with Crippen molar-refractivity contribution < 1.29 is 28.8 Å². The Balaban J connectivity index is 1.46. The molecule has 268 valence electrons. The van der Waals surface area contributed by atoms with Gasteiger partial charge in [-0.2, -0.15) is 0 Å². The average Bonchev–Trinajstić information content (AvgIpc) is 3.40. The molecular weight excluding hydrogens is 648 g/mol. The van der Waals surface area contributed by atoms with Crippen LogP contribution in [0.5, 0.6) is 28.7 Å². The molecule has 6 heteroatoms.